The molecule has 0 radical (unpaired) electrons. The minimum Gasteiger partial charge on any atom is -0.398 e. The molecule has 5 atom stereocenters. The second-order valence-corrected chi connectivity index (χ2v) is 7.65. The van der Waals surface area contributed by atoms with Crippen LogP contribution in [-0.2, 0) is 0 Å². The van der Waals surface area contributed by atoms with Crippen LogP contribution in [0.4, 0.5) is 10.1 Å². The lowest BCUT2D eigenvalue weighted by Gasteiger charge is -2.34. The van der Waals surface area contributed by atoms with Crippen molar-refractivity contribution in [2.24, 2.45) is 5.41 Å². The van der Waals surface area contributed by atoms with Crippen LogP contribution in [0.1, 0.15) is 31.1 Å². The first-order valence-corrected chi connectivity index (χ1v) is 8.98. The predicted octanol–water partition coefficient (Wildman–Crippen LogP) is 2.77. The Morgan fingerprint density at radius 2 is 1.85 bits per heavy atom. The molecule has 5 nitrogen and oxygen atoms in total. The number of aromatic nitrogens is 1. The smallest absolute Gasteiger partial charge is 0.147 e. The average Bonchev–Trinajstić information content (AvgIpc) is 3.22. The van der Waals surface area contributed by atoms with Crippen molar-refractivity contribution < 1.29 is 19.7 Å². The Morgan fingerprint density at radius 3 is 2.56 bits per heavy atom. The van der Waals surface area contributed by atoms with Gasteiger partial charge in [0.1, 0.15) is 11.9 Å². The number of hydrogen-bond donors (Lipinski definition) is 4. The molecule has 6 heteroatoms. The number of aliphatic hydroxyl groups excluding tert-OH is 3. The van der Waals surface area contributed by atoms with Gasteiger partial charge in [-0.05, 0) is 30.2 Å². The molecular weight excluding hydrogens is 347 g/mol. The van der Waals surface area contributed by atoms with Crippen LogP contribution in [0.5, 0.6) is 0 Å². The van der Waals surface area contributed by atoms with Crippen LogP contribution in [0.3, 0.4) is 0 Å². The highest BCUT2D eigenvalue weighted by Gasteiger charge is 2.54. The summed E-state index contributed by atoms with van der Waals surface area (Å²) in [5.41, 5.74) is 6.37. The zero-order valence-corrected chi connectivity index (χ0v) is 15.0. The fourth-order valence-electron chi connectivity index (χ4n) is 4.39. The van der Waals surface area contributed by atoms with Crippen LogP contribution in [-0.4, -0.2) is 32.1 Å². The number of rotatable bonds is 3. The van der Waals surface area contributed by atoms with E-state index in [9.17, 15) is 19.7 Å². The molecule has 1 aliphatic rings. The SMILES string of the molecule is C[C@]1(C(O)c2ccccc2)C[C@@H](n2ccc3c(N)ccc(F)c32)[C@H](O)[C@@H]1O. The van der Waals surface area contributed by atoms with Gasteiger partial charge in [0.25, 0.3) is 0 Å². The Labute approximate surface area is 156 Å². The van der Waals surface area contributed by atoms with Gasteiger partial charge >= 0.3 is 0 Å². The van der Waals surface area contributed by atoms with E-state index in [1.807, 2.05) is 18.2 Å². The molecule has 0 amide bonds. The van der Waals surface area contributed by atoms with Gasteiger partial charge < -0.3 is 25.6 Å². The van der Waals surface area contributed by atoms with Gasteiger partial charge in [0.05, 0.1) is 23.8 Å². The van der Waals surface area contributed by atoms with Gasteiger partial charge in [-0.3, -0.25) is 0 Å². The third-order valence-corrected chi connectivity index (χ3v) is 6.00. The van der Waals surface area contributed by atoms with Gasteiger partial charge in [-0.25, -0.2) is 4.39 Å². The summed E-state index contributed by atoms with van der Waals surface area (Å²) in [6.07, 6.45) is -1.33. The van der Waals surface area contributed by atoms with Crippen molar-refractivity contribution in [3.05, 3.63) is 66.1 Å². The topological polar surface area (TPSA) is 91.6 Å². The molecule has 1 aliphatic carbocycles. The number of nitrogens with two attached hydrogens (primary N) is 1. The van der Waals surface area contributed by atoms with Crippen molar-refractivity contribution in [3.8, 4) is 0 Å². The fourth-order valence-corrected chi connectivity index (χ4v) is 4.39. The summed E-state index contributed by atoms with van der Waals surface area (Å²) < 4.78 is 16.1. The maximum absolute atomic E-state index is 14.5. The van der Waals surface area contributed by atoms with Crippen molar-refractivity contribution in [2.75, 3.05) is 5.73 Å². The molecule has 0 aliphatic heterocycles. The molecule has 1 unspecified atom stereocenters. The Balaban J connectivity index is 1.76. The highest BCUT2D eigenvalue weighted by molar-refractivity contribution is 5.91. The van der Waals surface area contributed by atoms with Gasteiger partial charge in [-0.1, -0.05) is 37.3 Å². The Hall–Kier alpha value is -2.41. The van der Waals surface area contributed by atoms with Gasteiger partial charge in [0, 0.05) is 22.7 Å². The quantitative estimate of drug-likeness (QED) is 0.534. The normalized spacial score (nSPS) is 29.3. The van der Waals surface area contributed by atoms with E-state index in [4.69, 9.17) is 5.73 Å². The molecule has 2 aromatic carbocycles. The van der Waals surface area contributed by atoms with E-state index in [0.717, 1.165) is 0 Å². The molecule has 27 heavy (non-hydrogen) atoms. The molecule has 1 aromatic heterocycles. The van der Waals surface area contributed by atoms with E-state index in [1.165, 1.54) is 12.1 Å². The van der Waals surface area contributed by atoms with Crippen molar-refractivity contribution in [1.82, 2.24) is 4.57 Å². The largest absolute Gasteiger partial charge is 0.398 e. The number of hydrogen-bond acceptors (Lipinski definition) is 4. The lowest BCUT2D eigenvalue weighted by molar-refractivity contribution is -0.0764. The second-order valence-electron chi connectivity index (χ2n) is 7.65. The van der Waals surface area contributed by atoms with Gasteiger partial charge in [0.2, 0.25) is 0 Å². The van der Waals surface area contributed by atoms with Gasteiger partial charge in [0.15, 0.2) is 0 Å². The van der Waals surface area contributed by atoms with Crippen molar-refractivity contribution in [3.63, 3.8) is 0 Å². The minimum atomic E-state index is -1.17. The first-order chi connectivity index (χ1) is 12.8. The summed E-state index contributed by atoms with van der Waals surface area (Å²) in [5.74, 6) is -0.442. The van der Waals surface area contributed by atoms with Gasteiger partial charge in [-0.15, -0.1) is 0 Å². The average molecular weight is 370 g/mol. The molecule has 0 spiro atoms. The maximum Gasteiger partial charge on any atom is 0.147 e. The molecule has 1 fully saturated rings. The third-order valence-electron chi connectivity index (χ3n) is 6.00. The van der Waals surface area contributed by atoms with Gasteiger partial charge in [-0.2, -0.15) is 0 Å². The number of fused-ring (bicyclic) bond motifs is 1. The molecule has 1 heterocycles. The van der Waals surface area contributed by atoms with Crippen LogP contribution in [0, 0.1) is 11.2 Å². The molecule has 0 bridgehead atoms. The summed E-state index contributed by atoms with van der Waals surface area (Å²) in [4.78, 5) is 0. The molecule has 4 rings (SSSR count). The van der Waals surface area contributed by atoms with E-state index >= 15 is 0 Å². The highest BCUT2D eigenvalue weighted by atomic mass is 19.1. The minimum absolute atomic E-state index is 0.281. The van der Waals surface area contributed by atoms with Crippen LogP contribution in [0.15, 0.2) is 54.7 Å². The standard InChI is InChI=1S/C21H23FN2O3/c1-21(19(26)12-5-3-2-4-6-12)11-16(18(25)20(21)27)24-10-9-13-15(23)8-7-14(22)17(13)24/h2-10,16,18-20,25-27H,11,23H2,1H3/t16-,18+,19?,20+,21-/m1/s1. The number of nitrogen functional groups attached to an aromatic ring is 1. The Bertz CT molecular complexity index is 974. The maximum atomic E-state index is 14.5. The number of benzene rings is 2. The summed E-state index contributed by atoms with van der Waals surface area (Å²) >= 11 is 0. The van der Waals surface area contributed by atoms with E-state index in [-0.39, 0.29) is 6.42 Å². The van der Waals surface area contributed by atoms with Crippen LogP contribution < -0.4 is 5.73 Å². The molecular formula is C21H23FN2O3. The Kier molecular flexibility index (Phi) is 4.22. The summed E-state index contributed by atoms with van der Waals surface area (Å²) in [7, 11) is 0. The van der Waals surface area contributed by atoms with Crippen molar-refractivity contribution >= 4 is 16.6 Å². The summed E-state index contributed by atoms with van der Waals surface area (Å²) in [6.45, 7) is 1.75. The highest BCUT2D eigenvalue weighted by Crippen LogP contribution is 2.52. The van der Waals surface area contributed by atoms with Crippen molar-refractivity contribution in [2.45, 2.75) is 37.7 Å². The monoisotopic (exact) mass is 370 g/mol. The molecule has 1 saturated carbocycles. The number of anilines is 1. The van der Waals surface area contributed by atoms with E-state index in [0.29, 0.717) is 22.2 Å². The first-order valence-electron chi connectivity index (χ1n) is 8.98. The van der Waals surface area contributed by atoms with Crippen LogP contribution in [0.25, 0.3) is 10.9 Å². The zero-order chi connectivity index (χ0) is 19.3. The van der Waals surface area contributed by atoms with Crippen LogP contribution >= 0.6 is 0 Å². The summed E-state index contributed by atoms with van der Waals surface area (Å²) in [5, 5.41) is 33.0. The van der Waals surface area contributed by atoms with Crippen LogP contribution in [0.2, 0.25) is 0 Å². The molecule has 0 saturated heterocycles. The number of aliphatic hydroxyl groups is 3. The lowest BCUT2D eigenvalue weighted by atomic mass is 9.77. The number of nitrogens with zero attached hydrogens (tertiary/aromatic N) is 1. The van der Waals surface area contributed by atoms with E-state index in [1.54, 1.807) is 35.9 Å². The van der Waals surface area contributed by atoms with Crippen molar-refractivity contribution in [1.29, 1.82) is 0 Å². The van der Waals surface area contributed by atoms with E-state index < -0.39 is 35.6 Å². The first kappa shape index (κ1) is 18.0. The molecule has 3 aromatic rings. The lowest BCUT2D eigenvalue weighted by Crippen LogP contribution is -2.38. The Morgan fingerprint density at radius 1 is 1.15 bits per heavy atom. The third kappa shape index (κ3) is 2.64. The van der Waals surface area contributed by atoms with E-state index in [2.05, 4.69) is 0 Å². The molecule has 142 valence electrons. The zero-order valence-electron chi connectivity index (χ0n) is 15.0. The second kappa shape index (κ2) is 6.34. The fraction of sp³-hybridized carbons (Fsp3) is 0.333. The predicted molar refractivity (Wildman–Crippen MR) is 101 cm³/mol. The molecule has 5 N–H and O–H groups in total. The summed E-state index contributed by atoms with van der Waals surface area (Å²) in [6, 6.07) is 13.0. The number of halogens is 1.